The van der Waals surface area contributed by atoms with Crippen molar-refractivity contribution in [2.24, 2.45) is 0 Å². The first-order chi connectivity index (χ1) is 14.7. The molecule has 0 radical (unpaired) electrons. The third kappa shape index (κ3) is 3.94. The number of fused-ring (bicyclic) bond motifs is 2. The highest BCUT2D eigenvalue weighted by Crippen LogP contribution is 2.45. The van der Waals surface area contributed by atoms with Crippen LogP contribution < -0.4 is 14.8 Å². The number of carboxylic acids is 1. The maximum Gasteiger partial charge on any atom is 0.338 e. The van der Waals surface area contributed by atoms with E-state index in [0.29, 0.717) is 23.4 Å². The Hall–Kier alpha value is -3.50. The molecule has 0 bridgehead atoms. The van der Waals surface area contributed by atoms with Gasteiger partial charge in [0.05, 0.1) is 21.8 Å². The van der Waals surface area contributed by atoms with E-state index in [1.807, 2.05) is 0 Å². The minimum atomic E-state index is -3.91. The van der Waals surface area contributed by atoms with Crippen molar-refractivity contribution >= 4 is 27.4 Å². The molecule has 0 amide bonds. The first-order valence-electron chi connectivity index (χ1n) is 9.04. The van der Waals surface area contributed by atoms with Gasteiger partial charge in [-0.25, -0.2) is 26.7 Å². The van der Waals surface area contributed by atoms with Gasteiger partial charge in [0.15, 0.2) is 23.1 Å². The SMILES string of the molecule is CNS(=O)(=O)c1cc2c(c(C(=O)O)c1)Nc1ccc(Cc3ccc(F)c(F)c3)cc1O2. The highest BCUT2D eigenvalue weighted by molar-refractivity contribution is 7.89. The van der Waals surface area contributed by atoms with Crippen molar-refractivity contribution in [3.8, 4) is 11.5 Å². The van der Waals surface area contributed by atoms with Crippen LogP contribution in [0.25, 0.3) is 0 Å². The lowest BCUT2D eigenvalue weighted by Crippen LogP contribution is -2.20. The first-order valence-corrected chi connectivity index (χ1v) is 10.5. The van der Waals surface area contributed by atoms with Gasteiger partial charge in [0.25, 0.3) is 0 Å². The van der Waals surface area contributed by atoms with E-state index in [1.54, 1.807) is 18.2 Å². The summed E-state index contributed by atoms with van der Waals surface area (Å²) in [6, 6.07) is 11.0. The Morgan fingerprint density at radius 3 is 2.42 bits per heavy atom. The van der Waals surface area contributed by atoms with Crippen molar-refractivity contribution in [3.63, 3.8) is 0 Å². The summed E-state index contributed by atoms with van der Waals surface area (Å²) in [5.41, 5.74) is 1.63. The van der Waals surface area contributed by atoms with Crippen LogP contribution in [0.2, 0.25) is 0 Å². The van der Waals surface area contributed by atoms with E-state index in [1.165, 1.54) is 19.2 Å². The quantitative estimate of drug-likeness (QED) is 0.428. The highest BCUT2D eigenvalue weighted by atomic mass is 32.2. The molecule has 1 aliphatic rings. The number of anilines is 2. The van der Waals surface area contributed by atoms with Crippen LogP contribution in [0.1, 0.15) is 21.5 Å². The maximum atomic E-state index is 13.5. The molecule has 0 atom stereocenters. The zero-order valence-corrected chi connectivity index (χ0v) is 16.9. The molecule has 160 valence electrons. The summed E-state index contributed by atoms with van der Waals surface area (Å²) in [5, 5.41) is 12.5. The van der Waals surface area contributed by atoms with Crippen molar-refractivity contribution in [1.29, 1.82) is 0 Å². The molecule has 0 fully saturated rings. The van der Waals surface area contributed by atoms with Gasteiger partial charge in [-0.2, -0.15) is 0 Å². The lowest BCUT2D eigenvalue weighted by Gasteiger charge is -2.24. The lowest BCUT2D eigenvalue weighted by atomic mass is 10.0. The average Bonchev–Trinajstić information content (AvgIpc) is 2.74. The predicted molar refractivity (Wildman–Crippen MR) is 109 cm³/mol. The summed E-state index contributed by atoms with van der Waals surface area (Å²) >= 11 is 0. The van der Waals surface area contributed by atoms with Crippen molar-refractivity contribution in [2.45, 2.75) is 11.3 Å². The highest BCUT2D eigenvalue weighted by Gasteiger charge is 2.27. The van der Waals surface area contributed by atoms with Crippen LogP contribution in [0.15, 0.2) is 53.4 Å². The molecule has 3 aromatic carbocycles. The number of aromatic carboxylic acids is 1. The Morgan fingerprint density at radius 1 is 1.03 bits per heavy atom. The molecule has 0 saturated heterocycles. The molecular weight excluding hydrogens is 430 g/mol. The molecule has 0 spiro atoms. The van der Waals surface area contributed by atoms with Crippen molar-refractivity contribution in [1.82, 2.24) is 4.72 Å². The molecule has 10 heteroatoms. The number of benzene rings is 3. The fraction of sp³-hybridized carbons (Fsp3) is 0.0952. The number of nitrogens with one attached hydrogen (secondary N) is 2. The average molecular weight is 446 g/mol. The lowest BCUT2D eigenvalue weighted by molar-refractivity contribution is 0.0697. The number of rotatable bonds is 5. The second-order valence-corrected chi connectivity index (χ2v) is 8.73. The molecule has 3 aromatic rings. The number of hydrogen-bond acceptors (Lipinski definition) is 5. The minimum absolute atomic E-state index is 0.0335. The van der Waals surface area contributed by atoms with E-state index >= 15 is 0 Å². The van der Waals surface area contributed by atoms with E-state index in [9.17, 15) is 27.1 Å². The van der Waals surface area contributed by atoms with Gasteiger partial charge in [0.1, 0.15) is 0 Å². The van der Waals surface area contributed by atoms with Gasteiger partial charge in [-0.3, -0.25) is 0 Å². The van der Waals surface area contributed by atoms with Crippen molar-refractivity contribution in [2.75, 3.05) is 12.4 Å². The van der Waals surface area contributed by atoms with Crippen LogP contribution >= 0.6 is 0 Å². The zero-order chi connectivity index (χ0) is 22.3. The van der Waals surface area contributed by atoms with E-state index in [2.05, 4.69) is 10.0 Å². The molecule has 0 unspecified atom stereocenters. The van der Waals surface area contributed by atoms with Crippen molar-refractivity contribution in [3.05, 3.63) is 76.9 Å². The number of carbonyl (C=O) groups is 1. The molecular formula is C21H16F2N2O5S. The van der Waals surface area contributed by atoms with Gasteiger partial charge in [-0.15, -0.1) is 0 Å². The van der Waals surface area contributed by atoms with Crippen LogP contribution in [-0.4, -0.2) is 26.5 Å². The Bertz CT molecular complexity index is 1330. The smallest absolute Gasteiger partial charge is 0.338 e. The third-order valence-electron chi connectivity index (χ3n) is 4.80. The number of ether oxygens (including phenoxy) is 1. The summed E-state index contributed by atoms with van der Waals surface area (Å²) in [4.78, 5) is 11.4. The molecule has 0 saturated carbocycles. The van der Waals surface area contributed by atoms with Gasteiger partial charge >= 0.3 is 5.97 Å². The molecule has 1 aliphatic heterocycles. The van der Waals surface area contributed by atoms with Crippen LogP contribution in [0.5, 0.6) is 11.5 Å². The molecule has 0 aromatic heterocycles. The standard InChI is InChI=1S/C21H16F2N2O5S/c1-24-31(28,29)13-9-14(21(26)27)20-19(10-13)30-18-8-12(3-5-17(18)25-20)6-11-2-4-15(22)16(23)7-11/h2-5,7-10,24-25H,6H2,1H3,(H,26,27). The summed E-state index contributed by atoms with van der Waals surface area (Å²) < 4.78 is 58.9. The Kier molecular flexibility index (Phi) is 5.11. The minimum Gasteiger partial charge on any atom is -0.478 e. The molecule has 3 N–H and O–H groups in total. The van der Waals surface area contributed by atoms with Crippen LogP contribution in [0.4, 0.5) is 20.2 Å². The van der Waals surface area contributed by atoms with Gasteiger partial charge in [0, 0.05) is 6.07 Å². The largest absolute Gasteiger partial charge is 0.478 e. The summed E-state index contributed by atoms with van der Waals surface area (Å²) in [6.07, 6.45) is 0.301. The number of carboxylic acid groups (broad SMARTS) is 1. The normalized spacial score (nSPS) is 12.4. The topological polar surface area (TPSA) is 105 Å². The van der Waals surface area contributed by atoms with Crippen LogP contribution in [0.3, 0.4) is 0 Å². The fourth-order valence-corrected chi connectivity index (χ4v) is 4.02. The maximum absolute atomic E-state index is 13.5. The van der Waals surface area contributed by atoms with Gasteiger partial charge in [-0.05, 0) is 54.9 Å². The summed E-state index contributed by atoms with van der Waals surface area (Å²) in [7, 11) is -2.69. The van der Waals surface area contributed by atoms with E-state index in [4.69, 9.17) is 4.74 Å². The molecule has 1 heterocycles. The van der Waals surface area contributed by atoms with Gasteiger partial charge in [0.2, 0.25) is 10.0 Å². The number of hydrogen-bond donors (Lipinski definition) is 3. The Balaban J connectivity index is 1.71. The third-order valence-corrected chi connectivity index (χ3v) is 6.20. The molecule has 31 heavy (non-hydrogen) atoms. The number of halogens is 2. The van der Waals surface area contributed by atoms with E-state index < -0.39 is 27.6 Å². The van der Waals surface area contributed by atoms with E-state index in [0.717, 1.165) is 23.8 Å². The number of sulfonamides is 1. The van der Waals surface area contributed by atoms with Crippen LogP contribution in [0, 0.1) is 11.6 Å². The fourth-order valence-electron chi connectivity index (χ4n) is 3.24. The summed E-state index contributed by atoms with van der Waals surface area (Å²) in [5.74, 6) is -2.82. The van der Waals surface area contributed by atoms with E-state index in [-0.39, 0.29) is 21.9 Å². The van der Waals surface area contributed by atoms with Crippen LogP contribution in [-0.2, 0) is 16.4 Å². The summed E-state index contributed by atoms with van der Waals surface area (Å²) in [6.45, 7) is 0. The zero-order valence-electron chi connectivity index (χ0n) is 16.1. The van der Waals surface area contributed by atoms with Gasteiger partial charge in [-0.1, -0.05) is 12.1 Å². The van der Waals surface area contributed by atoms with Gasteiger partial charge < -0.3 is 15.2 Å². The monoisotopic (exact) mass is 446 g/mol. The first kappa shape index (κ1) is 20.8. The second-order valence-electron chi connectivity index (χ2n) is 6.84. The Labute approximate surface area is 176 Å². The molecule has 7 nitrogen and oxygen atoms in total. The predicted octanol–water partition coefficient (Wildman–Crippen LogP) is 4.01. The Morgan fingerprint density at radius 2 is 1.74 bits per heavy atom. The van der Waals surface area contributed by atoms with Crippen molar-refractivity contribution < 1.29 is 31.8 Å². The molecule has 4 rings (SSSR count). The molecule has 0 aliphatic carbocycles. The second kappa shape index (κ2) is 7.64.